The van der Waals surface area contributed by atoms with E-state index in [0.29, 0.717) is 28.7 Å². The van der Waals surface area contributed by atoms with Gasteiger partial charge in [0.2, 0.25) is 6.79 Å². The monoisotopic (exact) mass is 369 g/mol. The van der Waals surface area contributed by atoms with Crippen molar-refractivity contribution in [3.63, 3.8) is 0 Å². The first kappa shape index (κ1) is 17.0. The Morgan fingerprint density at radius 1 is 1.37 bits per heavy atom. The van der Waals surface area contributed by atoms with Gasteiger partial charge in [0.15, 0.2) is 17.3 Å². The third-order valence-electron chi connectivity index (χ3n) is 4.21. The molecule has 1 aromatic heterocycles. The topological polar surface area (TPSA) is 120 Å². The molecule has 2 aromatic rings. The number of carbonyl (C=O) groups is 1. The minimum absolute atomic E-state index is 0.0879. The maximum atomic E-state index is 11.6. The third kappa shape index (κ3) is 3.19. The van der Waals surface area contributed by atoms with E-state index in [1.165, 1.54) is 0 Å². The SMILES string of the molecule is CCOC(=O)Nc1cc2c(c(N)n1)N=C(c1ccc3c(c1)OCO3)[C@H](C)N2. The zero-order valence-corrected chi connectivity index (χ0v) is 14.9. The number of aromatic nitrogens is 1. The molecule has 0 aliphatic carbocycles. The smallest absolute Gasteiger partial charge is 0.412 e. The van der Waals surface area contributed by atoms with E-state index < -0.39 is 6.09 Å². The van der Waals surface area contributed by atoms with Gasteiger partial charge in [0.1, 0.15) is 11.5 Å². The lowest BCUT2D eigenvalue weighted by Crippen LogP contribution is -2.30. The normalized spacial score (nSPS) is 16.8. The summed E-state index contributed by atoms with van der Waals surface area (Å²) in [5.41, 5.74) is 8.99. The summed E-state index contributed by atoms with van der Waals surface area (Å²) in [6.45, 7) is 4.20. The van der Waals surface area contributed by atoms with Gasteiger partial charge in [-0.3, -0.25) is 5.32 Å². The number of hydrogen-bond acceptors (Lipinski definition) is 8. The molecular weight excluding hydrogens is 350 g/mol. The molecule has 1 amide bonds. The molecule has 0 bridgehead atoms. The lowest BCUT2D eigenvalue weighted by Gasteiger charge is -2.25. The van der Waals surface area contributed by atoms with Crippen molar-refractivity contribution in [3.8, 4) is 11.5 Å². The Morgan fingerprint density at radius 3 is 3.00 bits per heavy atom. The summed E-state index contributed by atoms with van der Waals surface area (Å²) in [5.74, 6) is 1.91. The van der Waals surface area contributed by atoms with Crippen molar-refractivity contribution in [2.75, 3.05) is 29.8 Å². The molecule has 1 aromatic carbocycles. The zero-order valence-electron chi connectivity index (χ0n) is 14.9. The number of carbonyl (C=O) groups excluding carboxylic acids is 1. The largest absolute Gasteiger partial charge is 0.454 e. The Labute approximate surface area is 155 Å². The molecule has 140 valence electrons. The van der Waals surface area contributed by atoms with Crippen LogP contribution in [0.2, 0.25) is 0 Å². The van der Waals surface area contributed by atoms with Crippen molar-refractivity contribution < 1.29 is 19.0 Å². The number of benzene rings is 1. The number of nitrogens with one attached hydrogen (secondary N) is 2. The maximum absolute atomic E-state index is 11.6. The van der Waals surface area contributed by atoms with Gasteiger partial charge in [-0.25, -0.2) is 14.8 Å². The highest BCUT2D eigenvalue weighted by atomic mass is 16.7. The lowest BCUT2D eigenvalue weighted by molar-refractivity contribution is 0.168. The van der Waals surface area contributed by atoms with Gasteiger partial charge in [-0.1, -0.05) is 0 Å². The number of anilines is 3. The van der Waals surface area contributed by atoms with E-state index in [1.54, 1.807) is 13.0 Å². The van der Waals surface area contributed by atoms with Crippen LogP contribution in [0.25, 0.3) is 0 Å². The van der Waals surface area contributed by atoms with Crippen LogP contribution in [-0.4, -0.2) is 36.2 Å². The number of ether oxygens (including phenoxy) is 3. The van der Waals surface area contributed by atoms with Crippen LogP contribution in [0, 0.1) is 0 Å². The highest BCUT2D eigenvalue weighted by molar-refractivity contribution is 6.10. The Hall–Kier alpha value is -3.49. The van der Waals surface area contributed by atoms with Crippen LogP contribution >= 0.6 is 0 Å². The third-order valence-corrected chi connectivity index (χ3v) is 4.21. The van der Waals surface area contributed by atoms with Crippen LogP contribution in [0.5, 0.6) is 11.5 Å². The predicted molar refractivity (Wildman–Crippen MR) is 101 cm³/mol. The fourth-order valence-corrected chi connectivity index (χ4v) is 3.01. The molecule has 0 saturated heterocycles. The minimum atomic E-state index is -0.585. The Morgan fingerprint density at radius 2 is 2.19 bits per heavy atom. The Bertz CT molecular complexity index is 944. The number of nitrogen functional groups attached to an aromatic ring is 1. The summed E-state index contributed by atoms with van der Waals surface area (Å²) in [4.78, 5) is 20.5. The van der Waals surface area contributed by atoms with Crippen molar-refractivity contribution in [2.24, 2.45) is 4.99 Å². The summed E-state index contributed by atoms with van der Waals surface area (Å²) in [6.07, 6.45) is -0.585. The van der Waals surface area contributed by atoms with Crippen LogP contribution in [0.3, 0.4) is 0 Å². The lowest BCUT2D eigenvalue weighted by atomic mass is 10.0. The summed E-state index contributed by atoms with van der Waals surface area (Å²) in [6, 6.07) is 7.27. The molecular formula is C18H19N5O4. The number of rotatable bonds is 3. The van der Waals surface area contributed by atoms with Crippen molar-refractivity contribution in [3.05, 3.63) is 29.8 Å². The zero-order chi connectivity index (χ0) is 19.0. The van der Waals surface area contributed by atoms with E-state index in [0.717, 1.165) is 11.3 Å². The highest BCUT2D eigenvalue weighted by Gasteiger charge is 2.25. The number of fused-ring (bicyclic) bond motifs is 2. The van der Waals surface area contributed by atoms with Crippen LogP contribution in [-0.2, 0) is 4.74 Å². The van der Waals surface area contributed by atoms with Gasteiger partial charge in [0, 0.05) is 11.6 Å². The molecule has 1 atom stereocenters. The van der Waals surface area contributed by atoms with Crippen molar-refractivity contribution in [1.29, 1.82) is 0 Å². The average Bonchev–Trinajstić information content (AvgIpc) is 3.09. The van der Waals surface area contributed by atoms with Crippen molar-refractivity contribution >= 4 is 34.8 Å². The van der Waals surface area contributed by atoms with Crippen molar-refractivity contribution in [2.45, 2.75) is 19.9 Å². The molecule has 2 aliphatic rings. The van der Waals surface area contributed by atoms with Gasteiger partial charge in [0.25, 0.3) is 0 Å². The molecule has 4 N–H and O–H groups in total. The first-order chi connectivity index (χ1) is 13.0. The number of nitrogens with zero attached hydrogens (tertiary/aromatic N) is 2. The number of nitrogens with two attached hydrogens (primary N) is 1. The number of amides is 1. The van der Waals surface area contributed by atoms with Crippen molar-refractivity contribution in [1.82, 2.24) is 4.98 Å². The van der Waals surface area contributed by atoms with Gasteiger partial charge in [-0.2, -0.15) is 0 Å². The van der Waals surface area contributed by atoms with Gasteiger partial charge < -0.3 is 25.3 Å². The van der Waals surface area contributed by atoms with E-state index in [4.69, 9.17) is 24.9 Å². The molecule has 0 fully saturated rings. The Balaban J connectivity index is 1.67. The second-order valence-electron chi connectivity index (χ2n) is 6.07. The number of pyridine rings is 1. The van der Waals surface area contributed by atoms with E-state index in [2.05, 4.69) is 15.6 Å². The quantitative estimate of drug-likeness (QED) is 0.761. The van der Waals surface area contributed by atoms with Gasteiger partial charge in [0.05, 0.1) is 24.0 Å². The second kappa shape index (κ2) is 6.67. The standard InChI is InChI=1S/C18H19N5O4/c1-3-25-18(24)22-14-7-11-16(17(19)21-14)23-15(9(2)20-11)10-4-5-12-13(6-10)27-8-26-12/h4-7,9,20H,3,8H2,1-2H3,(H3,19,21,22,24)/t9-/m0/s1. The van der Waals surface area contributed by atoms with E-state index in [-0.39, 0.29) is 25.3 Å². The number of hydrogen-bond donors (Lipinski definition) is 3. The first-order valence-electron chi connectivity index (χ1n) is 8.54. The fourth-order valence-electron chi connectivity index (χ4n) is 3.01. The van der Waals surface area contributed by atoms with Gasteiger partial charge >= 0.3 is 6.09 Å². The summed E-state index contributed by atoms with van der Waals surface area (Å²) >= 11 is 0. The van der Waals surface area contributed by atoms with Crippen LogP contribution in [0.15, 0.2) is 29.3 Å². The van der Waals surface area contributed by atoms with Crippen LogP contribution < -0.4 is 25.8 Å². The molecule has 0 saturated carbocycles. The average molecular weight is 369 g/mol. The molecule has 4 rings (SSSR count). The van der Waals surface area contributed by atoms with E-state index in [9.17, 15) is 4.79 Å². The van der Waals surface area contributed by atoms with E-state index >= 15 is 0 Å². The van der Waals surface area contributed by atoms with Gasteiger partial charge in [-0.15, -0.1) is 0 Å². The summed E-state index contributed by atoms with van der Waals surface area (Å²) < 4.78 is 15.7. The fraction of sp³-hybridized carbons (Fsp3) is 0.278. The molecule has 0 radical (unpaired) electrons. The summed E-state index contributed by atoms with van der Waals surface area (Å²) in [7, 11) is 0. The first-order valence-corrected chi connectivity index (χ1v) is 8.54. The highest BCUT2D eigenvalue weighted by Crippen LogP contribution is 2.39. The molecule has 9 heteroatoms. The molecule has 2 aliphatic heterocycles. The van der Waals surface area contributed by atoms with Gasteiger partial charge in [-0.05, 0) is 32.0 Å². The Kier molecular flexibility index (Phi) is 4.19. The van der Waals surface area contributed by atoms with E-state index in [1.807, 2.05) is 25.1 Å². The minimum Gasteiger partial charge on any atom is -0.454 e. The second-order valence-corrected chi connectivity index (χ2v) is 6.07. The molecule has 9 nitrogen and oxygen atoms in total. The van der Waals surface area contributed by atoms with Crippen LogP contribution in [0.1, 0.15) is 19.4 Å². The molecule has 27 heavy (non-hydrogen) atoms. The number of aliphatic imine (C=N–C) groups is 1. The predicted octanol–water partition coefficient (Wildman–Crippen LogP) is 2.90. The maximum Gasteiger partial charge on any atom is 0.412 e. The van der Waals surface area contributed by atoms with Crippen LogP contribution in [0.4, 0.5) is 27.8 Å². The molecule has 3 heterocycles. The molecule has 0 spiro atoms. The molecule has 0 unspecified atom stereocenters. The summed E-state index contributed by atoms with van der Waals surface area (Å²) in [5, 5.41) is 5.90.